The van der Waals surface area contributed by atoms with E-state index in [2.05, 4.69) is 30.4 Å². The van der Waals surface area contributed by atoms with Crippen LogP contribution in [0.5, 0.6) is 0 Å². The number of rotatable bonds is 8. The molecule has 2 aromatic rings. The highest BCUT2D eigenvalue weighted by Crippen LogP contribution is 2.44. The van der Waals surface area contributed by atoms with Gasteiger partial charge in [-0.2, -0.15) is 0 Å². The lowest BCUT2D eigenvalue weighted by Crippen LogP contribution is -2.25. The average molecular weight is 356 g/mol. The summed E-state index contributed by atoms with van der Waals surface area (Å²) in [5.41, 5.74) is 2.37. The number of non-ortho nitro benzene ring substituents is 1. The second kappa shape index (κ2) is 8.44. The van der Waals surface area contributed by atoms with Crippen LogP contribution in [0.1, 0.15) is 45.4 Å². The zero-order valence-electron chi connectivity index (χ0n) is 14.7. The maximum Gasteiger partial charge on any atom is 0.270 e. The first-order chi connectivity index (χ1) is 12.2. The number of para-hydroxylation sites is 1. The number of nitrogens with one attached hydrogen (secondary N) is 1. The molecular formula is C20H25N2O2P. The van der Waals surface area contributed by atoms with Crippen LogP contribution < -0.4 is 15.9 Å². The lowest BCUT2D eigenvalue weighted by atomic mass is 10.1. The second-order valence-corrected chi connectivity index (χ2v) is 8.79. The van der Waals surface area contributed by atoms with Gasteiger partial charge in [0, 0.05) is 34.1 Å². The Kier molecular flexibility index (Phi) is 6.04. The van der Waals surface area contributed by atoms with Crippen molar-refractivity contribution in [2.45, 2.75) is 45.4 Å². The first kappa shape index (κ1) is 17.9. The van der Waals surface area contributed by atoms with Gasteiger partial charge in [0.05, 0.1) is 4.92 Å². The third-order valence-corrected chi connectivity index (χ3v) is 7.37. The third kappa shape index (κ3) is 4.19. The molecule has 1 aliphatic rings. The molecule has 0 saturated carbocycles. The average Bonchev–Trinajstić information content (AvgIpc) is 2.63. The van der Waals surface area contributed by atoms with Crippen LogP contribution in [0.4, 0.5) is 17.1 Å². The van der Waals surface area contributed by atoms with Crippen molar-refractivity contribution in [2.75, 3.05) is 11.5 Å². The Bertz CT molecular complexity index is 748. The predicted octanol–water partition coefficient (Wildman–Crippen LogP) is 5.45. The largest absolute Gasteiger partial charge is 0.354 e. The number of benzene rings is 2. The molecule has 1 aliphatic heterocycles. The van der Waals surface area contributed by atoms with Crippen molar-refractivity contribution < 1.29 is 4.92 Å². The Morgan fingerprint density at radius 3 is 2.48 bits per heavy atom. The lowest BCUT2D eigenvalue weighted by Gasteiger charge is -2.29. The summed E-state index contributed by atoms with van der Waals surface area (Å²) < 4.78 is 0. The molecule has 5 heteroatoms. The number of hydrogen-bond acceptors (Lipinski definition) is 3. The van der Waals surface area contributed by atoms with Crippen molar-refractivity contribution in [1.82, 2.24) is 0 Å². The number of anilines is 2. The molecule has 0 saturated heterocycles. The van der Waals surface area contributed by atoms with Gasteiger partial charge in [0.15, 0.2) is 0 Å². The number of nitrogens with zero attached hydrogens (tertiary/aromatic N) is 1. The molecule has 1 N–H and O–H groups in total. The number of unbranched alkanes of at least 4 members (excludes halogenated alkanes) is 5. The Morgan fingerprint density at radius 2 is 1.68 bits per heavy atom. The maximum atomic E-state index is 11.2. The van der Waals surface area contributed by atoms with Gasteiger partial charge < -0.3 is 5.32 Å². The third-order valence-electron chi connectivity index (χ3n) is 4.68. The molecule has 1 heterocycles. The van der Waals surface area contributed by atoms with E-state index < -0.39 is 7.92 Å². The van der Waals surface area contributed by atoms with Crippen LogP contribution >= 0.6 is 7.92 Å². The van der Waals surface area contributed by atoms with Gasteiger partial charge in [-0.15, -0.1) is 0 Å². The summed E-state index contributed by atoms with van der Waals surface area (Å²) in [5, 5.41) is 17.1. The molecule has 0 spiro atoms. The lowest BCUT2D eigenvalue weighted by molar-refractivity contribution is -0.384. The molecule has 132 valence electrons. The van der Waals surface area contributed by atoms with Crippen molar-refractivity contribution in [3.8, 4) is 0 Å². The minimum Gasteiger partial charge on any atom is -0.354 e. The van der Waals surface area contributed by atoms with E-state index in [0.29, 0.717) is 0 Å². The number of nitro groups is 1. The number of hydrogen-bond donors (Lipinski definition) is 1. The van der Waals surface area contributed by atoms with Crippen molar-refractivity contribution in [2.24, 2.45) is 0 Å². The highest BCUT2D eigenvalue weighted by molar-refractivity contribution is 7.73. The Balaban J connectivity index is 1.80. The molecule has 0 aliphatic carbocycles. The van der Waals surface area contributed by atoms with E-state index in [1.807, 2.05) is 12.1 Å². The van der Waals surface area contributed by atoms with Gasteiger partial charge in [-0.1, -0.05) is 57.2 Å². The second-order valence-electron chi connectivity index (χ2n) is 6.52. The smallest absolute Gasteiger partial charge is 0.270 e. The summed E-state index contributed by atoms with van der Waals surface area (Å²) in [6.45, 7) is 2.24. The molecule has 25 heavy (non-hydrogen) atoms. The van der Waals surface area contributed by atoms with Crippen molar-refractivity contribution in [3.63, 3.8) is 0 Å². The Labute approximate surface area is 150 Å². The van der Waals surface area contributed by atoms with E-state index in [0.717, 1.165) is 22.8 Å². The molecule has 0 aromatic heterocycles. The summed E-state index contributed by atoms with van der Waals surface area (Å²) >= 11 is 0. The minimum atomic E-state index is -0.536. The molecule has 4 nitrogen and oxygen atoms in total. The van der Waals surface area contributed by atoms with E-state index in [-0.39, 0.29) is 10.6 Å². The first-order valence-electron chi connectivity index (χ1n) is 9.12. The fourth-order valence-electron chi connectivity index (χ4n) is 3.34. The summed E-state index contributed by atoms with van der Waals surface area (Å²) in [4.78, 5) is 10.9. The molecule has 0 radical (unpaired) electrons. The number of nitro benzene ring substituents is 1. The van der Waals surface area contributed by atoms with E-state index >= 15 is 0 Å². The summed E-state index contributed by atoms with van der Waals surface area (Å²) in [6, 6.07) is 13.6. The van der Waals surface area contributed by atoms with Crippen LogP contribution in [0.3, 0.4) is 0 Å². The summed E-state index contributed by atoms with van der Waals surface area (Å²) in [6.07, 6.45) is 8.73. The number of fused-ring (bicyclic) bond motifs is 2. The predicted molar refractivity (Wildman–Crippen MR) is 107 cm³/mol. The standard InChI is InChI=1S/C20H25N2O2P/c1-2-3-4-5-6-9-14-25-19-11-8-7-10-17(19)21-18-13-12-16(22(23)24)15-20(18)25/h7-8,10-13,15,21H,2-6,9,14H2,1H3. The Morgan fingerprint density at radius 1 is 0.960 bits per heavy atom. The van der Waals surface area contributed by atoms with Crippen LogP contribution in [-0.4, -0.2) is 11.1 Å². The molecule has 0 amide bonds. The molecule has 0 fully saturated rings. The first-order valence-corrected chi connectivity index (χ1v) is 10.7. The fraction of sp³-hybridized carbons (Fsp3) is 0.400. The van der Waals surface area contributed by atoms with Crippen LogP contribution in [0, 0.1) is 10.1 Å². The highest BCUT2D eigenvalue weighted by Gasteiger charge is 2.26. The Hall–Kier alpha value is -1.93. The normalized spacial score (nSPS) is 15.2. The topological polar surface area (TPSA) is 55.2 Å². The highest BCUT2D eigenvalue weighted by atomic mass is 31.1. The quantitative estimate of drug-likeness (QED) is 0.296. The molecule has 2 aromatic carbocycles. The van der Waals surface area contributed by atoms with E-state index in [1.165, 1.54) is 43.8 Å². The monoisotopic (exact) mass is 356 g/mol. The van der Waals surface area contributed by atoms with Gasteiger partial charge in [-0.3, -0.25) is 10.1 Å². The van der Waals surface area contributed by atoms with Crippen molar-refractivity contribution in [3.05, 3.63) is 52.6 Å². The molecule has 1 unspecified atom stereocenters. The van der Waals surface area contributed by atoms with Gasteiger partial charge in [-0.25, -0.2) is 0 Å². The van der Waals surface area contributed by atoms with E-state index in [4.69, 9.17) is 0 Å². The van der Waals surface area contributed by atoms with Crippen LogP contribution in [0.15, 0.2) is 42.5 Å². The zero-order valence-corrected chi connectivity index (χ0v) is 15.6. The van der Waals surface area contributed by atoms with E-state index in [9.17, 15) is 10.1 Å². The van der Waals surface area contributed by atoms with Gasteiger partial charge in [0.25, 0.3) is 5.69 Å². The van der Waals surface area contributed by atoms with Gasteiger partial charge in [0.1, 0.15) is 0 Å². The zero-order chi connectivity index (χ0) is 17.6. The van der Waals surface area contributed by atoms with Gasteiger partial charge in [-0.05, 0) is 32.6 Å². The van der Waals surface area contributed by atoms with Crippen molar-refractivity contribution in [1.29, 1.82) is 0 Å². The molecular weight excluding hydrogens is 331 g/mol. The SMILES string of the molecule is CCCCCCCCP1c2ccccc2Nc2ccc([N+](=O)[O-])cc21. The van der Waals surface area contributed by atoms with E-state index in [1.54, 1.807) is 12.1 Å². The summed E-state index contributed by atoms with van der Waals surface area (Å²) in [5.74, 6) is 0. The van der Waals surface area contributed by atoms with Crippen LogP contribution in [-0.2, 0) is 0 Å². The maximum absolute atomic E-state index is 11.2. The minimum absolute atomic E-state index is 0.190. The summed E-state index contributed by atoms with van der Waals surface area (Å²) in [7, 11) is -0.536. The molecule has 1 atom stereocenters. The van der Waals surface area contributed by atoms with Gasteiger partial charge >= 0.3 is 0 Å². The van der Waals surface area contributed by atoms with Crippen LogP contribution in [0.2, 0.25) is 0 Å². The van der Waals surface area contributed by atoms with Crippen LogP contribution in [0.25, 0.3) is 0 Å². The fourth-order valence-corrected chi connectivity index (χ4v) is 6.02. The van der Waals surface area contributed by atoms with Gasteiger partial charge in [0.2, 0.25) is 0 Å². The molecule has 3 rings (SSSR count). The van der Waals surface area contributed by atoms with Crippen molar-refractivity contribution >= 4 is 35.6 Å². The molecule has 0 bridgehead atoms.